The molecule has 0 bridgehead atoms. The Morgan fingerprint density at radius 3 is 2.36 bits per heavy atom. The second kappa shape index (κ2) is 4.26. The maximum atomic E-state index is 10.4. The van der Waals surface area contributed by atoms with Gasteiger partial charge in [0.25, 0.3) is 0 Å². The number of aliphatic carboxylic acids is 1. The first-order chi connectivity index (χ1) is 6.43. The van der Waals surface area contributed by atoms with Crippen molar-refractivity contribution in [2.24, 2.45) is 0 Å². The molecule has 0 amide bonds. The van der Waals surface area contributed by atoms with E-state index in [0.717, 1.165) is 0 Å². The Bertz CT molecular complexity index is 364. The molecule has 0 aliphatic rings. The largest absolute Gasteiger partial charge is 0.506 e. The topological polar surface area (TPSA) is 57.5 Å². The second-order valence-corrected chi connectivity index (χ2v) is 3.74. The van der Waals surface area contributed by atoms with Crippen LogP contribution in [-0.2, 0) is 11.2 Å². The van der Waals surface area contributed by atoms with Gasteiger partial charge in [-0.05, 0) is 6.07 Å². The molecule has 2 N–H and O–H groups in total. The fraction of sp³-hybridized carbons (Fsp3) is 0.125. The van der Waals surface area contributed by atoms with Gasteiger partial charge in [-0.2, -0.15) is 0 Å². The number of carboxylic acids is 1. The second-order valence-electron chi connectivity index (χ2n) is 2.55. The molecule has 0 aromatic heterocycles. The van der Waals surface area contributed by atoms with Gasteiger partial charge in [-0.15, -0.1) is 0 Å². The quantitative estimate of drug-likeness (QED) is 0.799. The minimum Gasteiger partial charge on any atom is -0.506 e. The van der Waals surface area contributed by atoms with Crippen LogP contribution in [0.1, 0.15) is 5.56 Å². The zero-order valence-electron chi connectivity index (χ0n) is 6.72. The van der Waals surface area contributed by atoms with Crippen molar-refractivity contribution in [3.05, 3.63) is 26.7 Å². The lowest BCUT2D eigenvalue weighted by atomic mass is 10.1. The lowest BCUT2D eigenvalue weighted by molar-refractivity contribution is -0.136. The summed E-state index contributed by atoms with van der Waals surface area (Å²) in [5.74, 6) is -1.47. The molecule has 1 rings (SSSR count). The molecule has 76 valence electrons. The van der Waals surface area contributed by atoms with Gasteiger partial charge in [0.2, 0.25) is 0 Å². The van der Waals surface area contributed by atoms with E-state index in [1.165, 1.54) is 6.07 Å². The molecule has 0 aliphatic heterocycles. The summed E-state index contributed by atoms with van der Waals surface area (Å²) >= 11 is 16.9. The van der Waals surface area contributed by atoms with Crippen molar-refractivity contribution in [2.45, 2.75) is 6.42 Å². The van der Waals surface area contributed by atoms with Crippen LogP contribution in [0, 0.1) is 0 Å². The van der Waals surface area contributed by atoms with Gasteiger partial charge in [0.1, 0.15) is 5.75 Å². The fourth-order valence-corrected chi connectivity index (χ4v) is 1.66. The summed E-state index contributed by atoms with van der Waals surface area (Å²) in [4.78, 5) is 10.4. The van der Waals surface area contributed by atoms with Gasteiger partial charge in [-0.25, -0.2) is 0 Å². The summed E-state index contributed by atoms with van der Waals surface area (Å²) < 4.78 is 0. The summed E-state index contributed by atoms with van der Waals surface area (Å²) in [6.45, 7) is 0. The van der Waals surface area contributed by atoms with Gasteiger partial charge in [-0.1, -0.05) is 34.8 Å². The van der Waals surface area contributed by atoms with E-state index < -0.39 is 12.4 Å². The third-order valence-corrected chi connectivity index (χ3v) is 2.68. The molecule has 0 radical (unpaired) electrons. The van der Waals surface area contributed by atoms with Crippen LogP contribution in [-0.4, -0.2) is 16.2 Å². The highest BCUT2D eigenvalue weighted by atomic mass is 35.5. The Hall–Kier alpha value is -0.640. The summed E-state index contributed by atoms with van der Waals surface area (Å²) in [6.07, 6.45) is -0.426. The van der Waals surface area contributed by atoms with E-state index in [1.807, 2.05) is 0 Å². The van der Waals surface area contributed by atoms with Crippen LogP contribution in [0.2, 0.25) is 15.1 Å². The maximum Gasteiger partial charge on any atom is 0.308 e. The van der Waals surface area contributed by atoms with E-state index in [1.54, 1.807) is 0 Å². The molecule has 0 saturated carbocycles. The van der Waals surface area contributed by atoms with Crippen molar-refractivity contribution >= 4 is 40.8 Å². The van der Waals surface area contributed by atoms with Crippen molar-refractivity contribution in [1.29, 1.82) is 0 Å². The number of carboxylic acid groups (broad SMARTS) is 1. The normalized spacial score (nSPS) is 10.2. The fourth-order valence-electron chi connectivity index (χ4n) is 0.948. The first-order valence-corrected chi connectivity index (χ1v) is 4.64. The first-order valence-electron chi connectivity index (χ1n) is 3.50. The molecule has 0 spiro atoms. The number of carbonyl (C=O) groups is 1. The minimum atomic E-state index is -1.12. The predicted octanol–water partition coefficient (Wildman–Crippen LogP) is 2.98. The van der Waals surface area contributed by atoms with E-state index >= 15 is 0 Å². The lowest BCUT2D eigenvalue weighted by Gasteiger charge is -2.07. The highest BCUT2D eigenvalue weighted by Gasteiger charge is 2.16. The number of halogens is 3. The highest BCUT2D eigenvalue weighted by molar-refractivity contribution is 6.44. The lowest BCUT2D eigenvalue weighted by Crippen LogP contribution is -2.01. The van der Waals surface area contributed by atoms with Gasteiger partial charge < -0.3 is 10.2 Å². The van der Waals surface area contributed by atoms with Crippen molar-refractivity contribution in [3.63, 3.8) is 0 Å². The first kappa shape index (κ1) is 11.4. The Balaban J connectivity index is 3.31. The van der Waals surface area contributed by atoms with Gasteiger partial charge in [-0.3, -0.25) is 4.79 Å². The summed E-state index contributed by atoms with van der Waals surface area (Å²) in [5.41, 5.74) is 0.0247. The van der Waals surface area contributed by atoms with E-state index in [4.69, 9.17) is 39.9 Å². The Labute approximate surface area is 94.8 Å². The molecule has 14 heavy (non-hydrogen) atoms. The Kier molecular flexibility index (Phi) is 3.48. The van der Waals surface area contributed by atoms with Crippen molar-refractivity contribution in [2.75, 3.05) is 0 Å². The Morgan fingerprint density at radius 2 is 1.86 bits per heavy atom. The van der Waals surface area contributed by atoms with Gasteiger partial charge in [0.15, 0.2) is 0 Å². The van der Waals surface area contributed by atoms with E-state index in [0.29, 0.717) is 0 Å². The monoisotopic (exact) mass is 254 g/mol. The van der Waals surface area contributed by atoms with Crippen LogP contribution in [0.25, 0.3) is 0 Å². The smallest absolute Gasteiger partial charge is 0.308 e. The maximum absolute atomic E-state index is 10.4. The third-order valence-electron chi connectivity index (χ3n) is 1.57. The number of hydrogen-bond acceptors (Lipinski definition) is 2. The molecule has 0 aliphatic carbocycles. The molecule has 3 nitrogen and oxygen atoms in total. The predicted molar refractivity (Wildman–Crippen MR) is 54.5 cm³/mol. The molecular weight excluding hydrogens is 250 g/mol. The average Bonchev–Trinajstić information content (AvgIpc) is 2.09. The minimum absolute atomic E-state index is 0.0102. The molecule has 6 heteroatoms. The molecule has 0 unspecified atom stereocenters. The van der Waals surface area contributed by atoms with Crippen LogP contribution in [0.3, 0.4) is 0 Å². The summed E-state index contributed by atoms with van der Waals surface area (Å²) in [5, 5.41) is 18.1. The number of benzene rings is 1. The molecule has 0 atom stereocenters. The molecule has 0 heterocycles. The number of hydrogen-bond donors (Lipinski definition) is 2. The van der Waals surface area contributed by atoms with Crippen LogP contribution >= 0.6 is 34.8 Å². The average molecular weight is 255 g/mol. The van der Waals surface area contributed by atoms with Crippen LogP contribution < -0.4 is 0 Å². The third kappa shape index (κ3) is 2.23. The van der Waals surface area contributed by atoms with Crippen molar-refractivity contribution < 1.29 is 15.0 Å². The van der Waals surface area contributed by atoms with Gasteiger partial charge in [0, 0.05) is 5.56 Å². The van der Waals surface area contributed by atoms with Crippen LogP contribution in [0.4, 0.5) is 0 Å². The van der Waals surface area contributed by atoms with Crippen LogP contribution in [0.15, 0.2) is 6.07 Å². The van der Waals surface area contributed by atoms with Crippen molar-refractivity contribution in [3.8, 4) is 5.75 Å². The van der Waals surface area contributed by atoms with Gasteiger partial charge in [0.05, 0.1) is 21.5 Å². The zero-order valence-corrected chi connectivity index (χ0v) is 8.99. The van der Waals surface area contributed by atoms with E-state index in [9.17, 15) is 9.90 Å². The van der Waals surface area contributed by atoms with Crippen molar-refractivity contribution in [1.82, 2.24) is 0 Å². The van der Waals surface area contributed by atoms with Crippen LogP contribution in [0.5, 0.6) is 5.75 Å². The number of phenols is 1. The summed E-state index contributed by atoms with van der Waals surface area (Å²) in [6, 6.07) is 1.26. The number of phenolic OH excluding ortho intramolecular Hbond substituents is 1. The standard InChI is InChI=1S/C8H5Cl3O3/c9-4-2-5(10)8(14)3(7(4)11)1-6(12)13/h2,14H,1H2,(H,12,13). The molecule has 0 saturated heterocycles. The van der Waals surface area contributed by atoms with E-state index in [2.05, 4.69) is 0 Å². The van der Waals surface area contributed by atoms with Gasteiger partial charge >= 0.3 is 5.97 Å². The molecule has 1 aromatic carbocycles. The molecule has 1 aromatic rings. The molecule has 0 fully saturated rings. The number of aromatic hydroxyl groups is 1. The Morgan fingerprint density at radius 1 is 1.29 bits per heavy atom. The SMILES string of the molecule is O=C(O)Cc1c(O)c(Cl)cc(Cl)c1Cl. The summed E-state index contributed by atoms with van der Waals surface area (Å²) in [7, 11) is 0. The highest BCUT2D eigenvalue weighted by Crippen LogP contribution is 2.38. The number of rotatable bonds is 2. The molecular formula is C8H5Cl3O3. The zero-order chi connectivity index (χ0) is 10.9. The van der Waals surface area contributed by atoms with E-state index in [-0.39, 0.29) is 26.4 Å².